The molecule has 0 saturated carbocycles. The van der Waals surface area contributed by atoms with Gasteiger partial charge in [0.05, 0.1) is 8.80 Å². The maximum absolute atomic E-state index is 2.44. The summed E-state index contributed by atoms with van der Waals surface area (Å²) >= 11 is 0. The number of rotatable bonds is 3. The van der Waals surface area contributed by atoms with E-state index < -0.39 is 8.80 Å². The van der Waals surface area contributed by atoms with E-state index in [2.05, 4.69) is 98.9 Å². The lowest BCUT2D eigenvalue weighted by atomic mass is 9.87. The number of allylic oxidation sites excluding steroid dienone is 5. The Labute approximate surface area is 169 Å². The van der Waals surface area contributed by atoms with Crippen LogP contribution in [0.3, 0.4) is 0 Å². The number of hydrogen-bond donors (Lipinski definition) is 0. The van der Waals surface area contributed by atoms with Gasteiger partial charge in [0.1, 0.15) is 0 Å². The second-order valence-electron chi connectivity index (χ2n) is 8.20. The van der Waals surface area contributed by atoms with Gasteiger partial charge in [-0.25, -0.2) is 0 Å². The lowest BCUT2D eigenvalue weighted by molar-refractivity contribution is 0.972. The van der Waals surface area contributed by atoms with Crippen LogP contribution in [0.2, 0.25) is 13.1 Å². The Morgan fingerprint density at radius 2 is 1.61 bits per heavy atom. The van der Waals surface area contributed by atoms with Gasteiger partial charge in [0.25, 0.3) is 0 Å². The molecule has 1 radical (unpaired) electrons. The quantitative estimate of drug-likeness (QED) is 0.413. The summed E-state index contributed by atoms with van der Waals surface area (Å²) in [5, 5.41) is 4.34. The van der Waals surface area contributed by atoms with Crippen LogP contribution in [0.5, 0.6) is 0 Å². The van der Waals surface area contributed by atoms with E-state index in [4.69, 9.17) is 0 Å². The van der Waals surface area contributed by atoms with Gasteiger partial charge < -0.3 is 0 Å². The maximum Gasteiger partial charge on any atom is 0.0745 e. The molecule has 0 fully saturated rings. The molecule has 2 aliphatic rings. The molecule has 3 aromatic carbocycles. The van der Waals surface area contributed by atoms with Crippen LogP contribution in [0, 0.1) is 0 Å². The SMILES string of the molecule is CC1=Cc2c(-c3cccc4ccccc34)cccc2C1C1=C([Si](C)C)CC=C1. The van der Waals surface area contributed by atoms with Crippen LogP contribution in [-0.2, 0) is 0 Å². The minimum Gasteiger partial charge on any atom is -0.0806 e. The summed E-state index contributed by atoms with van der Waals surface area (Å²) in [7, 11) is -0.422. The molecule has 1 unspecified atom stereocenters. The van der Waals surface area contributed by atoms with E-state index in [0.717, 1.165) is 6.42 Å². The van der Waals surface area contributed by atoms with Crippen LogP contribution in [0.4, 0.5) is 0 Å². The highest BCUT2D eigenvalue weighted by Crippen LogP contribution is 2.48. The molecule has 0 nitrogen and oxygen atoms in total. The molecule has 0 spiro atoms. The van der Waals surface area contributed by atoms with Crippen molar-refractivity contribution in [3.63, 3.8) is 0 Å². The second kappa shape index (κ2) is 6.75. The highest BCUT2D eigenvalue weighted by molar-refractivity contribution is 6.64. The Morgan fingerprint density at radius 3 is 2.46 bits per heavy atom. The molecule has 5 rings (SSSR count). The average molecular weight is 378 g/mol. The van der Waals surface area contributed by atoms with Gasteiger partial charge in [0, 0.05) is 5.92 Å². The third-order valence-corrected chi connectivity index (χ3v) is 7.94. The molecule has 0 saturated heterocycles. The summed E-state index contributed by atoms with van der Waals surface area (Å²) < 4.78 is 0. The molecule has 0 bridgehead atoms. The van der Waals surface area contributed by atoms with Gasteiger partial charge in [-0.05, 0) is 51.9 Å². The molecule has 0 amide bonds. The van der Waals surface area contributed by atoms with Crippen LogP contribution < -0.4 is 0 Å². The molecule has 0 N–H and O–H groups in total. The fraction of sp³-hybridized carbons (Fsp3) is 0.185. The Hall–Kier alpha value is -2.64. The first kappa shape index (κ1) is 17.5. The molecule has 28 heavy (non-hydrogen) atoms. The van der Waals surface area contributed by atoms with Gasteiger partial charge in [-0.2, -0.15) is 0 Å². The van der Waals surface area contributed by atoms with E-state index >= 15 is 0 Å². The maximum atomic E-state index is 2.44. The summed E-state index contributed by atoms with van der Waals surface area (Å²) in [5.74, 6) is 0.429. The van der Waals surface area contributed by atoms with Crippen molar-refractivity contribution in [2.45, 2.75) is 32.4 Å². The zero-order valence-electron chi connectivity index (χ0n) is 16.8. The fourth-order valence-corrected chi connectivity index (χ4v) is 6.28. The highest BCUT2D eigenvalue weighted by atomic mass is 28.3. The van der Waals surface area contributed by atoms with Crippen molar-refractivity contribution in [2.24, 2.45) is 0 Å². The Bertz CT molecular complexity index is 1170. The van der Waals surface area contributed by atoms with Gasteiger partial charge in [-0.3, -0.25) is 0 Å². The average Bonchev–Trinajstić information content (AvgIpc) is 3.30. The zero-order chi connectivity index (χ0) is 19.3. The summed E-state index contributed by atoms with van der Waals surface area (Å²) in [4.78, 5) is 0. The van der Waals surface area contributed by atoms with Crippen molar-refractivity contribution in [2.75, 3.05) is 0 Å². The summed E-state index contributed by atoms with van der Waals surface area (Å²) in [6, 6.07) is 22.3. The molecule has 137 valence electrons. The summed E-state index contributed by atoms with van der Waals surface area (Å²) in [5.41, 5.74) is 8.64. The Kier molecular flexibility index (Phi) is 4.21. The van der Waals surface area contributed by atoms with Crippen molar-refractivity contribution in [1.29, 1.82) is 0 Å². The lowest BCUT2D eigenvalue weighted by Gasteiger charge is -2.20. The number of fused-ring (bicyclic) bond motifs is 2. The molecule has 3 aromatic rings. The molecule has 0 aliphatic heterocycles. The van der Waals surface area contributed by atoms with Gasteiger partial charge in [-0.1, -0.05) is 103 Å². The predicted octanol–water partition coefficient (Wildman–Crippen LogP) is 7.56. The van der Waals surface area contributed by atoms with E-state index in [-0.39, 0.29) is 0 Å². The third-order valence-electron chi connectivity index (χ3n) is 6.24. The van der Waals surface area contributed by atoms with Gasteiger partial charge in [0.15, 0.2) is 0 Å². The molecule has 0 aromatic heterocycles. The van der Waals surface area contributed by atoms with Crippen molar-refractivity contribution in [3.05, 3.63) is 100 Å². The van der Waals surface area contributed by atoms with Crippen molar-refractivity contribution < 1.29 is 0 Å². The van der Waals surface area contributed by atoms with Gasteiger partial charge >= 0.3 is 0 Å². The molecule has 0 heterocycles. The third kappa shape index (κ3) is 2.65. The number of benzene rings is 3. The van der Waals surface area contributed by atoms with E-state index in [1.165, 1.54) is 38.6 Å². The topological polar surface area (TPSA) is 0 Å². The smallest absolute Gasteiger partial charge is 0.0745 e. The zero-order valence-corrected chi connectivity index (χ0v) is 17.8. The molecule has 1 heteroatoms. The molecular weight excluding hydrogens is 352 g/mol. The van der Waals surface area contributed by atoms with Gasteiger partial charge in [-0.15, -0.1) is 0 Å². The highest BCUT2D eigenvalue weighted by Gasteiger charge is 2.30. The van der Waals surface area contributed by atoms with Crippen LogP contribution in [0.1, 0.15) is 30.4 Å². The number of hydrogen-bond acceptors (Lipinski definition) is 0. The fourth-order valence-electron chi connectivity index (χ4n) is 4.95. The Balaban J connectivity index is 1.71. The monoisotopic (exact) mass is 377 g/mol. The predicted molar refractivity (Wildman–Crippen MR) is 124 cm³/mol. The van der Waals surface area contributed by atoms with Crippen LogP contribution >= 0.6 is 0 Å². The van der Waals surface area contributed by atoms with Crippen LogP contribution in [0.15, 0.2) is 89.2 Å². The summed E-state index contributed by atoms with van der Waals surface area (Å²) in [6.07, 6.45) is 8.35. The minimum atomic E-state index is -0.422. The van der Waals surface area contributed by atoms with Crippen LogP contribution in [0.25, 0.3) is 28.0 Å². The minimum absolute atomic E-state index is 0.422. The molecule has 1 atom stereocenters. The first-order valence-electron chi connectivity index (χ1n) is 10.1. The van der Waals surface area contributed by atoms with E-state index in [1.54, 1.807) is 10.8 Å². The Morgan fingerprint density at radius 1 is 0.857 bits per heavy atom. The lowest BCUT2D eigenvalue weighted by Crippen LogP contribution is -2.10. The van der Waals surface area contributed by atoms with Crippen molar-refractivity contribution in [1.82, 2.24) is 0 Å². The van der Waals surface area contributed by atoms with E-state index in [1.807, 2.05) is 0 Å². The second-order valence-corrected chi connectivity index (χ2v) is 10.8. The molecular formula is C27H25Si. The van der Waals surface area contributed by atoms with E-state index in [0.29, 0.717) is 5.92 Å². The standard InChI is InChI=1S/C27H25Si/c1-18-17-25-22(21-12-6-10-19-9-4-5-11-20(19)21)13-7-14-23(25)27(18)24-15-8-16-26(24)28(2)3/h4-15,17,27H,16H2,1-3H3. The molecule has 2 aliphatic carbocycles. The van der Waals surface area contributed by atoms with Crippen LogP contribution in [-0.4, -0.2) is 8.80 Å². The summed E-state index contributed by atoms with van der Waals surface area (Å²) in [6.45, 7) is 7.16. The first-order chi connectivity index (χ1) is 13.6. The van der Waals surface area contributed by atoms with Gasteiger partial charge in [0.2, 0.25) is 0 Å². The van der Waals surface area contributed by atoms with Crippen molar-refractivity contribution >= 4 is 25.6 Å². The normalized spacial score (nSPS) is 18.3. The van der Waals surface area contributed by atoms with E-state index in [9.17, 15) is 0 Å². The van der Waals surface area contributed by atoms with Crippen molar-refractivity contribution in [3.8, 4) is 11.1 Å². The first-order valence-corrected chi connectivity index (χ1v) is 12.6. The largest absolute Gasteiger partial charge is 0.0806 e.